The summed E-state index contributed by atoms with van der Waals surface area (Å²) in [6.45, 7) is 6.03. The van der Waals surface area contributed by atoms with Crippen LogP contribution in [0.25, 0.3) is 0 Å². The van der Waals surface area contributed by atoms with Crippen molar-refractivity contribution in [2.75, 3.05) is 39.3 Å². The Morgan fingerprint density at radius 1 is 1.23 bits per heavy atom. The van der Waals surface area contributed by atoms with Crippen LogP contribution >= 0.6 is 23.2 Å². The molecule has 0 saturated carbocycles. The summed E-state index contributed by atoms with van der Waals surface area (Å²) in [7, 11) is 1.70. The van der Waals surface area contributed by atoms with Gasteiger partial charge in [0.2, 0.25) is 5.91 Å². The summed E-state index contributed by atoms with van der Waals surface area (Å²) in [6.07, 6.45) is 0. The zero-order valence-electron chi connectivity index (χ0n) is 12.7. The van der Waals surface area contributed by atoms with Crippen molar-refractivity contribution in [3.8, 4) is 0 Å². The fraction of sp³-hybridized carbons (Fsp3) is 0.571. The van der Waals surface area contributed by atoms with Crippen molar-refractivity contribution in [1.82, 2.24) is 19.7 Å². The number of halogens is 2. The van der Waals surface area contributed by atoms with Gasteiger partial charge in [-0.1, -0.05) is 23.2 Å². The van der Waals surface area contributed by atoms with Gasteiger partial charge in [-0.25, -0.2) is 0 Å². The third-order valence-corrected chi connectivity index (χ3v) is 4.72. The molecule has 1 aliphatic rings. The van der Waals surface area contributed by atoms with Gasteiger partial charge in [-0.15, -0.1) is 0 Å². The number of nitrogens with one attached hydrogen (secondary N) is 1. The number of amides is 2. The molecule has 0 bridgehead atoms. The van der Waals surface area contributed by atoms with Gasteiger partial charge < -0.3 is 14.8 Å². The Morgan fingerprint density at radius 3 is 2.36 bits per heavy atom. The fourth-order valence-electron chi connectivity index (χ4n) is 2.46. The maximum absolute atomic E-state index is 12.1. The van der Waals surface area contributed by atoms with E-state index in [2.05, 4.69) is 10.2 Å². The van der Waals surface area contributed by atoms with Gasteiger partial charge in [0.05, 0.1) is 5.02 Å². The van der Waals surface area contributed by atoms with E-state index in [0.717, 1.165) is 32.7 Å². The summed E-state index contributed by atoms with van der Waals surface area (Å²) in [5.41, 5.74) is 0.441. The quantitative estimate of drug-likeness (QED) is 0.891. The third kappa shape index (κ3) is 3.94. The summed E-state index contributed by atoms with van der Waals surface area (Å²) in [5.74, 6) is -0.0795. The molecule has 2 rings (SSSR count). The molecule has 2 heterocycles. The molecule has 1 aromatic heterocycles. The van der Waals surface area contributed by atoms with E-state index in [4.69, 9.17) is 23.2 Å². The van der Waals surface area contributed by atoms with Gasteiger partial charge >= 0.3 is 0 Å². The molecule has 1 saturated heterocycles. The van der Waals surface area contributed by atoms with Crippen molar-refractivity contribution in [1.29, 1.82) is 0 Å². The first kappa shape index (κ1) is 17.1. The van der Waals surface area contributed by atoms with Crippen molar-refractivity contribution in [2.24, 2.45) is 7.05 Å². The van der Waals surface area contributed by atoms with Gasteiger partial charge in [-0.05, 0) is 6.07 Å². The van der Waals surface area contributed by atoms with Crippen LogP contribution in [0.1, 0.15) is 17.4 Å². The van der Waals surface area contributed by atoms with Crippen LogP contribution in [0, 0.1) is 0 Å². The van der Waals surface area contributed by atoms with Crippen molar-refractivity contribution in [2.45, 2.75) is 6.92 Å². The molecule has 122 valence electrons. The lowest BCUT2D eigenvalue weighted by Gasteiger charge is -2.34. The SMILES string of the molecule is CC(=O)N1CCN(CCNC(=O)c2cc(Cl)c(Cl)n2C)CC1. The molecule has 1 aromatic rings. The third-order valence-electron chi connectivity index (χ3n) is 3.88. The second-order valence-corrected chi connectivity index (χ2v) is 6.10. The molecule has 0 atom stereocenters. The smallest absolute Gasteiger partial charge is 0.268 e. The highest BCUT2D eigenvalue weighted by molar-refractivity contribution is 6.41. The van der Waals surface area contributed by atoms with E-state index in [1.165, 1.54) is 0 Å². The molecule has 2 amide bonds. The van der Waals surface area contributed by atoms with Crippen LogP contribution in [0.5, 0.6) is 0 Å². The van der Waals surface area contributed by atoms with Gasteiger partial charge in [0.25, 0.3) is 5.91 Å². The molecule has 1 aliphatic heterocycles. The predicted octanol–water partition coefficient (Wildman–Crippen LogP) is 1.23. The van der Waals surface area contributed by atoms with Crippen LogP contribution in [0.4, 0.5) is 0 Å². The lowest BCUT2D eigenvalue weighted by atomic mass is 10.3. The molecule has 8 heteroatoms. The summed E-state index contributed by atoms with van der Waals surface area (Å²) in [4.78, 5) is 27.4. The molecule has 0 radical (unpaired) electrons. The van der Waals surface area contributed by atoms with Gasteiger partial charge in [-0.2, -0.15) is 0 Å². The molecule has 6 nitrogen and oxygen atoms in total. The molecule has 22 heavy (non-hydrogen) atoms. The highest BCUT2D eigenvalue weighted by atomic mass is 35.5. The second-order valence-electron chi connectivity index (χ2n) is 5.33. The first-order chi connectivity index (χ1) is 10.4. The normalized spacial score (nSPS) is 15.9. The predicted molar refractivity (Wildman–Crippen MR) is 86.5 cm³/mol. The molecule has 1 N–H and O–H groups in total. The van der Waals surface area contributed by atoms with Gasteiger partial charge in [-0.3, -0.25) is 14.5 Å². The number of hydrogen-bond acceptors (Lipinski definition) is 3. The maximum Gasteiger partial charge on any atom is 0.268 e. The number of nitrogens with zero attached hydrogens (tertiary/aromatic N) is 3. The monoisotopic (exact) mass is 346 g/mol. The second kappa shape index (κ2) is 7.35. The zero-order chi connectivity index (χ0) is 16.3. The van der Waals surface area contributed by atoms with E-state index < -0.39 is 0 Å². The number of carbonyl (C=O) groups is 2. The minimum atomic E-state index is -0.196. The number of rotatable bonds is 4. The molecule has 0 aromatic carbocycles. The summed E-state index contributed by atoms with van der Waals surface area (Å²) >= 11 is 11.8. The largest absolute Gasteiger partial charge is 0.349 e. The highest BCUT2D eigenvalue weighted by Gasteiger charge is 2.19. The van der Waals surface area contributed by atoms with Crippen LogP contribution in [-0.4, -0.2) is 65.4 Å². The van der Waals surface area contributed by atoms with Gasteiger partial charge in [0.15, 0.2) is 0 Å². The van der Waals surface area contributed by atoms with Crippen LogP contribution in [0.15, 0.2) is 6.07 Å². The van der Waals surface area contributed by atoms with Crippen LogP contribution < -0.4 is 5.32 Å². The average Bonchev–Trinajstić information content (AvgIpc) is 2.75. The summed E-state index contributed by atoms with van der Waals surface area (Å²) < 4.78 is 1.56. The fourth-order valence-corrected chi connectivity index (χ4v) is 2.84. The Labute approximate surface area is 139 Å². The molecular weight excluding hydrogens is 327 g/mol. The van der Waals surface area contributed by atoms with E-state index >= 15 is 0 Å². The van der Waals surface area contributed by atoms with E-state index in [1.807, 2.05) is 4.90 Å². The Morgan fingerprint density at radius 2 is 1.86 bits per heavy atom. The van der Waals surface area contributed by atoms with Crippen molar-refractivity contribution in [3.63, 3.8) is 0 Å². The Kier molecular flexibility index (Phi) is 5.72. The Hall–Kier alpha value is -1.24. The maximum atomic E-state index is 12.1. The summed E-state index contributed by atoms with van der Waals surface area (Å²) in [5, 5.41) is 3.59. The number of aromatic nitrogens is 1. The minimum absolute atomic E-state index is 0.116. The summed E-state index contributed by atoms with van der Waals surface area (Å²) in [6, 6.07) is 1.56. The van der Waals surface area contributed by atoms with E-state index in [1.54, 1.807) is 24.6 Å². The molecule has 0 aliphatic carbocycles. The molecule has 0 unspecified atom stereocenters. The first-order valence-corrected chi connectivity index (χ1v) is 7.92. The van der Waals surface area contributed by atoms with Crippen molar-refractivity contribution in [3.05, 3.63) is 21.9 Å². The number of hydrogen-bond donors (Lipinski definition) is 1. The van der Waals surface area contributed by atoms with E-state index in [9.17, 15) is 9.59 Å². The topological polar surface area (TPSA) is 57.6 Å². The zero-order valence-corrected chi connectivity index (χ0v) is 14.2. The number of carbonyl (C=O) groups excluding carboxylic acids is 2. The Bertz CT molecular complexity index is 565. The average molecular weight is 347 g/mol. The van der Waals surface area contributed by atoms with Gasteiger partial charge in [0, 0.05) is 53.2 Å². The Balaban J connectivity index is 1.76. The minimum Gasteiger partial charge on any atom is -0.349 e. The van der Waals surface area contributed by atoms with Gasteiger partial charge in [0.1, 0.15) is 10.8 Å². The lowest BCUT2D eigenvalue weighted by molar-refractivity contribution is -0.130. The molecule has 1 fully saturated rings. The van der Waals surface area contributed by atoms with Crippen LogP contribution in [-0.2, 0) is 11.8 Å². The highest BCUT2D eigenvalue weighted by Crippen LogP contribution is 2.24. The standard InChI is InChI=1S/C14H20Cl2N4O2/c1-10(21)20-7-5-19(6-8-20)4-3-17-14(22)12-9-11(15)13(16)18(12)2/h9H,3-8H2,1-2H3,(H,17,22). The molecular formula is C14H20Cl2N4O2. The lowest BCUT2D eigenvalue weighted by Crippen LogP contribution is -2.49. The first-order valence-electron chi connectivity index (χ1n) is 7.17. The van der Waals surface area contributed by atoms with E-state index in [-0.39, 0.29) is 11.8 Å². The number of piperazine rings is 1. The van der Waals surface area contributed by atoms with Crippen molar-refractivity contribution < 1.29 is 9.59 Å². The molecule has 0 spiro atoms. The van der Waals surface area contributed by atoms with E-state index in [0.29, 0.717) is 22.4 Å². The van der Waals surface area contributed by atoms with Crippen LogP contribution in [0.2, 0.25) is 10.2 Å². The van der Waals surface area contributed by atoms with Crippen molar-refractivity contribution >= 4 is 35.0 Å². The van der Waals surface area contributed by atoms with Crippen LogP contribution in [0.3, 0.4) is 0 Å².